The van der Waals surface area contributed by atoms with Crippen molar-refractivity contribution in [2.24, 2.45) is 22.2 Å². The zero-order valence-electron chi connectivity index (χ0n) is 55.2. The predicted octanol–water partition coefficient (Wildman–Crippen LogP) is 8.51. The summed E-state index contributed by atoms with van der Waals surface area (Å²) in [5, 5.41) is 62.9. The quantitative estimate of drug-likeness (QED) is 0.0197. The van der Waals surface area contributed by atoms with E-state index in [1.165, 1.54) is 45.4 Å². The van der Waals surface area contributed by atoms with E-state index in [0.29, 0.717) is 71.9 Å². The van der Waals surface area contributed by atoms with Crippen molar-refractivity contribution >= 4 is 74.2 Å². The molecule has 26 nitrogen and oxygen atoms in total. The zero-order chi connectivity index (χ0) is 69.2. The van der Waals surface area contributed by atoms with Gasteiger partial charge in [-0.2, -0.15) is 5.10 Å². The highest BCUT2D eigenvalue weighted by Gasteiger charge is 2.60. The maximum atomic E-state index is 13.8. The number of imide groups is 1. The van der Waals surface area contributed by atoms with E-state index in [1.54, 1.807) is 30.3 Å². The maximum absolute atomic E-state index is 13.8. The third-order valence-electron chi connectivity index (χ3n) is 20.0. The van der Waals surface area contributed by atoms with Crippen molar-refractivity contribution in [2.45, 2.75) is 154 Å². The molecule has 10 atom stereocenters. The Labute approximate surface area is 569 Å². The van der Waals surface area contributed by atoms with Gasteiger partial charge in [0.25, 0.3) is 11.8 Å². The Morgan fingerprint density at radius 1 is 0.837 bits per heavy atom. The molecule has 7 aliphatic rings. The largest absolute Gasteiger partial charge is 0.493 e. The molecule has 3 aromatic carbocycles. The molecule has 6 amide bonds. The normalized spacial score (nSPS) is 25.5. The third kappa shape index (κ3) is 15.2. The van der Waals surface area contributed by atoms with E-state index in [-0.39, 0.29) is 115 Å². The number of carboxylic acid groups (broad SMARTS) is 2. The van der Waals surface area contributed by atoms with Gasteiger partial charge in [0.15, 0.2) is 16.9 Å². The monoisotopic (exact) mass is 1370 g/mol. The van der Waals surface area contributed by atoms with Crippen molar-refractivity contribution in [3.63, 3.8) is 0 Å². The molecular weight excluding hydrogens is 1280 g/mol. The van der Waals surface area contributed by atoms with Crippen molar-refractivity contribution in [3.05, 3.63) is 114 Å². The number of urea groups is 1. The van der Waals surface area contributed by atoms with Crippen molar-refractivity contribution in [1.29, 1.82) is 0 Å². The van der Waals surface area contributed by atoms with Crippen LogP contribution < -0.4 is 25.0 Å². The van der Waals surface area contributed by atoms with Gasteiger partial charge >= 0.3 is 24.1 Å². The SMILES string of the molecule is Cc1c(-c2ccc(-c3ccc4c(c3)N(C(=O)Nc3nc5ccccc5s3)CCC4)nc2C(=O)O)cnn1CC12CC3CC(C)(CC(C)(CC3OCCN(C)C(=O)OCc3ccc(O[C@@H]4O[C@H](C(=O)O)[C@@H](O)[C@H](O)[C@H]4O)cc3OCCCNC(=O)CCCCCN3C(=O)C=CC3=O)C1)C2. The van der Waals surface area contributed by atoms with Crippen LogP contribution in [0.4, 0.5) is 20.4 Å². The highest BCUT2D eigenvalue weighted by atomic mass is 32.1. The Bertz CT molecular complexity index is 4010. The fraction of sp³-hybridized carbons (Fsp3) is 0.493. The number of anilines is 2. The van der Waals surface area contributed by atoms with Crippen molar-refractivity contribution in [3.8, 4) is 33.9 Å². The molecule has 520 valence electrons. The number of hydrogen-bond donors (Lipinski definition) is 7. The fourth-order valence-corrected chi connectivity index (χ4v) is 16.9. The third-order valence-corrected chi connectivity index (χ3v) is 20.9. The van der Waals surface area contributed by atoms with E-state index in [9.17, 15) is 59.1 Å². The minimum atomic E-state index is -1.93. The van der Waals surface area contributed by atoms with Crippen LogP contribution in [0, 0.1) is 29.1 Å². The molecule has 0 radical (unpaired) electrons. The van der Waals surface area contributed by atoms with Crippen LogP contribution in [0.15, 0.2) is 91.1 Å². The lowest BCUT2D eigenvalue weighted by atomic mass is 9.49. The molecule has 3 aliphatic heterocycles. The van der Waals surface area contributed by atoms with Gasteiger partial charge in [-0.3, -0.25) is 34.2 Å². The standard InChI is InChI=1S/C71H83N9O17S/c1-41-48(47-20-21-49(74-58(47)63(87)88)43-17-16-42-12-10-26-78(51(42)30-43)67(91)76-66-75-50-13-7-8-14-54(50)98-66)35-73-80(41)40-71-33-45-32-69(2,38-71)37-70(3,39-71)34-53(45)94-29-27-77(4)68(92)95-36-44-18-19-46(96-65-61(86)59(84)60(85)62(97-65)64(89)90)31-52(44)93-28-11-24-72-55(81)15-6-5-9-25-79-56(82)22-23-57(79)83/h7-8,13-14,16-23,30-31,35,45,53,59-62,65,84-86H,5-6,9-12,15,24-29,32-34,36-40H2,1-4H3,(H,72,81)(H,87,88)(H,89,90)(H,75,76,91)/t45?,53?,59-,60-,61+,62-,65+,69?,70?,71?/m0/s1. The van der Waals surface area contributed by atoms with Crippen molar-refractivity contribution in [1.82, 2.24) is 34.9 Å². The topological polar surface area (TPSA) is 344 Å². The van der Waals surface area contributed by atoms with Gasteiger partial charge in [0, 0.05) is 98.0 Å². The van der Waals surface area contributed by atoms with Gasteiger partial charge in [-0.25, -0.2) is 29.1 Å². The van der Waals surface area contributed by atoms with Crippen LogP contribution in [0.2, 0.25) is 0 Å². The Morgan fingerprint density at radius 3 is 2.40 bits per heavy atom. The maximum Gasteiger partial charge on any atom is 0.409 e. The number of aromatic carboxylic acids is 1. The van der Waals surface area contributed by atoms with E-state index >= 15 is 0 Å². The summed E-state index contributed by atoms with van der Waals surface area (Å²) < 4.78 is 32.9. The van der Waals surface area contributed by atoms with Crippen LogP contribution >= 0.6 is 11.3 Å². The molecule has 0 spiro atoms. The highest BCUT2D eigenvalue weighted by Crippen LogP contribution is 2.68. The molecule has 6 aromatic rings. The smallest absolute Gasteiger partial charge is 0.409 e. The van der Waals surface area contributed by atoms with Gasteiger partial charge < -0.3 is 59.4 Å². The van der Waals surface area contributed by atoms with E-state index in [4.69, 9.17) is 33.8 Å². The molecule has 98 heavy (non-hydrogen) atoms. The van der Waals surface area contributed by atoms with Crippen molar-refractivity contribution < 1.29 is 82.8 Å². The van der Waals surface area contributed by atoms with Crippen molar-refractivity contribution in [2.75, 3.05) is 56.7 Å². The average Bonchev–Trinajstić information content (AvgIpc) is 1.51. The first-order valence-corrected chi connectivity index (χ1v) is 34.2. The van der Waals surface area contributed by atoms with E-state index in [1.807, 2.05) is 60.1 Å². The first-order valence-electron chi connectivity index (χ1n) is 33.4. The average molecular weight is 1370 g/mol. The Balaban J connectivity index is 0.655. The number of likely N-dealkylation sites (N-methyl/N-ethyl adjacent to an activating group) is 1. The molecule has 4 aliphatic carbocycles. The molecule has 5 unspecified atom stereocenters. The van der Waals surface area contributed by atoms with Gasteiger partial charge in [0.05, 0.1) is 41.4 Å². The van der Waals surface area contributed by atoms with Gasteiger partial charge in [0.2, 0.25) is 12.2 Å². The van der Waals surface area contributed by atoms with Gasteiger partial charge in [-0.1, -0.05) is 55.9 Å². The highest BCUT2D eigenvalue weighted by molar-refractivity contribution is 7.22. The molecular formula is C71H83N9O17S. The minimum Gasteiger partial charge on any atom is -0.493 e. The molecule has 1 saturated heterocycles. The summed E-state index contributed by atoms with van der Waals surface area (Å²) in [6, 6.07) is 21.3. The number of aliphatic hydroxyl groups excluding tert-OH is 3. The number of benzene rings is 3. The summed E-state index contributed by atoms with van der Waals surface area (Å²) in [6.45, 7) is 8.74. The first-order chi connectivity index (χ1) is 46.9. The number of thiazole rings is 1. The number of unbranched alkanes of at least 4 members (excludes halogenated alkanes) is 2. The van der Waals surface area contributed by atoms with Crippen LogP contribution in [0.5, 0.6) is 11.5 Å². The number of pyridine rings is 1. The Morgan fingerprint density at radius 2 is 1.62 bits per heavy atom. The lowest BCUT2D eigenvalue weighted by Crippen LogP contribution is -2.61. The molecule has 27 heteroatoms. The summed E-state index contributed by atoms with van der Waals surface area (Å²) in [6.07, 6.45) is 3.98. The fourth-order valence-electron chi connectivity index (χ4n) is 16.0. The lowest BCUT2D eigenvalue weighted by molar-refractivity contribution is -0.271. The molecule has 13 rings (SSSR count). The number of carbonyl (C=O) groups is 7. The number of carbonyl (C=O) groups excluding carboxylic acids is 5. The molecule has 4 saturated carbocycles. The van der Waals surface area contributed by atoms with E-state index in [0.717, 1.165) is 78.5 Å². The number of rotatable bonds is 26. The summed E-state index contributed by atoms with van der Waals surface area (Å²) in [7, 11) is 1.62. The van der Waals surface area contributed by atoms with Crippen LogP contribution in [-0.4, -0.2) is 180 Å². The summed E-state index contributed by atoms with van der Waals surface area (Å²) in [5.41, 5.74) is 5.88. The minimum absolute atomic E-state index is 0.0269. The number of ether oxygens (including phenoxy) is 5. The van der Waals surface area contributed by atoms with Gasteiger partial charge in [-0.05, 0) is 148 Å². The second-order valence-electron chi connectivity index (χ2n) is 27.8. The van der Waals surface area contributed by atoms with Gasteiger partial charge in [-0.15, -0.1) is 0 Å². The Hall–Kier alpha value is -8.86. The second-order valence-corrected chi connectivity index (χ2v) is 28.8. The number of aliphatic hydroxyl groups is 3. The van der Waals surface area contributed by atoms with Crippen LogP contribution in [0.25, 0.3) is 32.6 Å². The number of nitrogens with one attached hydrogen (secondary N) is 2. The number of para-hydroxylation sites is 1. The number of amides is 6. The predicted molar refractivity (Wildman–Crippen MR) is 358 cm³/mol. The lowest BCUT2D eigenvalue weighted by Gasteiger charge is -2.57. The van der Waals surface area contributed by atoms with Crippen LogP contribution in [0.1, 0.15) is 118 Å². The Kier molecular flexibility index (Phi) is 20.4. The molecule has 3 aromatic heterocycles. The number of hydrogen-bond acceptors (Lipinski definition) is 19. The summed E-state index contributed by atoms with van der Waals surface area (Å²) in [5.74, 6) is -3.17. The van der Waals surface area contributed by atoms with Gasteiger partial charge in [0.1, 0.15) is 36.4 Å². The second kappa shape index (κ2) is 28.9. The number of aromatic nitrogens is 4. The number of nitrogens with zero attached hydrogens (tertiary/aromatic N) is 7. The number of carboxylic acids is 2. The number of fused-ring (bicyclic) bond motifs is 3. The molecule has 6 heterocycles. The van der Waals surface area contributed by atoms with Crippen LogP contribution in [0.3, 0.4) is 0 Å². The van der Waals surface area contributed by atoms with E-state index in [2.05, 4.69) is 29.5 Å². The first kappa shape index (κ1) is 69.1. The number of aliphatic carboxylic acids is 1. The zero-order valence-corrected chi connectivity index (χ0v) is 56.0. The molecule has 5 fully saturated rings. The molecule has 4 bridgehead atoms. The summed E-state index contributed by atoms with van der Waals surface area (Å²) >= 11 is 1.41. The molecule has 7 N–H and O–H groups in total. The van der Waals surface area contributed by atoms with Crippen LogP contribution in [-0.2, 0) is 53.0 Å². The van der Waals surface area contributed by atoms with E-state index < -0.39 is 48.7 Å². The number of aryl methyl sites for hydroxylation is 1. The summed E-state index contributed by atoms with van der Waals surface area (Å²) in [4.78, 5) is 102.